The minimum Gasteiger partial charge on any atom is -0.325 e. The molecule has 1 unspecified atom stereocenters. The lowest BCUT2D eigenvalue weighted by Crippen LogP contribution is -2.25. The molecule has 1 aliphatic rings. The first-order valence-electron chi connectivity index (χ1n) is 5.03. The van der Waals surface area contributed by atoms with Gasteiger partial charge in [0, 0.05) is 16.7 Å². The van der Waals surface area contributed by atoms with Gasteiger partial charge in [0.15, 0.2) is 0 Å². The Bertz CT molecular complexity index is 392. The van der Waals surface area contributed by atoms with Crippen LogP contribution in [0.5, 0.6) is 0 Å². The van der Waals surface area contributed by atoms with E-state index in [-0.39, 0.29) is 11.8 Å². The van der Waals surface area contributed by atoms with Gasteiger partial charge in [0.05, 0.1) is 5.92 Å². The van der Waals surface area contributed by atoms with Crippen LogP contribution in [0.1, 0.15) is 18.4 Å². The van der Waals surface area contributed by atoms with Crippen LogP contribution >= 0.6 is 15.9 Å². The molecule has 0 fully saturated rings. The molecular formula is C11H13BrN2O. The number of anilines is 1. The number of carbonyl (C=O) groups excluding carboxylic acids is 1. The summed E-state index contributed by atoms with van der Waals surface area (Å²) in [5.74, 6) is 0.0390. The van der Waals surface area contributed by atoms with Gasteiger partial charge in [0.1, 0.15) is 0 Å². The summed E-state index contributed by atoms with van der Waals surface area (Å²) < 4.78 is 0.991. The first-order valence-corrected chi connectivity index (χ1v) is 5.82. The van der Waals surface area contributed by atoms with Gasteiger partial charge in [-0.2, -0.15) is 0 Å². The van der Waals surface area contributed by atoms with E-state index in [0.29, 0.717) is 6.54 Å². The fourth-order valence-electron chi connectivity index (χ4n) is 1.79. The number of hydrogen-bond donors (Lipinski definition) is 2. The number of halogens is 1. The van der Waals surface area contributed by atoms with E-state index in [1.54, 1.807) is 0 Å². The van der Waals surface area contributed by atoms with Crippen LogP contribution in [0.15, 0.2) is 22.7 Å². The Balaban J connectivity index is 2.25. The summed E-state index contributed by atoms with van der Waals surface area (Å²) >= 11 is 3.39. The maximum absolute atomic E-state index is 11.7. The largest absolute Gasteiger partial charge is 0.325 e. The Kier molecular flexibility index (Phi) is 3.07. The molecule has 0 aliphatic carbocycles. The molecule has 1 amide bonds. The molecule has 80 valence electrons. The number of amides is 1. The van der Waals surface area contributed by atoms with E-state index in [0.717, 1.165) is 22.3 Å². The second-order valence-corrected chi connectivity index (χ2v) is 4.50. The minimum atomic E-state index is -0.0481. The van der Waals surface area contributed by atoms with Crippen LogP contribution in [-0.4, -0.2) is 19.0 Å². The highest BCUT2D eigenvalue weighted by atomic mass is 79.9. The predicted molar refractivity (Wildman–Crippen MR) is 64.1 cm³/mol. The van der Waals surface area contributed by atoms with Gasteiger partial charge in [-0.25, -0.2) is 0 Å². The molecule has 0 bridgehead atoms. The molecule has 15 heavy (non-hydrogen) atoms. The zero-order valence-corrected chi connectivity index (χ0v) is 10.1. The molecule has 0 radical (unpaired) electrons. The molecule has 0 aromatic heterocycles. The Morgan fingerprint density at radius 2 is 2.33 bits per heavy atom. The number of fused-ring (bicyclic) bond motifs is 1. The van der Waals surface area contributed by atoms with Gasteiger partial charge >= 0.3 is 0 Å². The summed E-state index contributed by atoms with van der Waals surface area (Å²) in [5.41, 5.74) is 2.02. The van der Waals surface area contributed by atoms with Gasteiger partial charge in [0.2, 0.25) is 5.91 Å². The third-order valence-electron chi connectivity index (χ3n) is 2.56. The molecule has 0 saturated heterocycles. The summed E-state index contributed by atoms with van der Waals surface area (Å²) in [6, 6.07) is 5.91. The van der Waals surface area contributed by atoms with Crippen LogP contribution in [0.2, 0.25) is 0 Å². The van der Waals surface area contributed by atoms with Crippen molar-refractivity contribution in [2.75, 3.05) is 18.4 Å². The zero-order chi connectivity index (χ0) is 10.8. The van der Waals surface area contributed by atoms with Gasteiger partial charge < -0.3 is 10.6 Å². The van der Waals surface area contributed by atoms with Crippen molar-refractivity contribution >= 4 is 27.5 Å². The summed E-state index contributed by atoms with van der Waals surface area (Å²) in [6.07, 6.45) is 0. The Labute approximate surface area is 97.4 Å². The van der Waals surface area contributed by atoms with Crippen molar-refractivity contribution in [3.63, 3.8) is 0 Å². The zero-order valence-electron chi connectivity index (χ0n) is 8.51. The smallest absolute Gasteiger partial charge is 0.233 e. The molecule has 0 saturated carbocycles. The van der Waals surface area contributed by atoms with Crippen molar-refractivity contribution in [1.29, 1.82) is 0 Å². The van der Waals surface area contributed by atoms with Crippen molar-refractivity contribution in [1.82, 2.24) is 5.32 Å². The highest BCUT2D eigenvalue weighted by Gasteiger charge is 2.29. The quantitative estimate of drug-likeness (QED) is 0.882. The Hall–Kier alpha value is -0.870. The summed E-state index contributed by atoms with van der Waals surface area (Å²) in [4.78, 5) is 11.7. The number of benzene rings is 1. The lowest BCUT2D eigenvalue weighted by atomic mass is 10.0. The number of carbonyl (C=O) groups is 1. The molecule has 4 heteroatoms. The van der Waals surface area contributed by atoms with E-state index in [4.69, 9.17) is 0 Å². The standard InChI is InChI=1S/C11H13BrN2O/c1-2-13-6-9-8-4-3-7(12)5-10(8)14-11(9)15/h3-5,9,13H,2,6H2,1H3,(H,14,15). The Morgan fingerprint density at radius 1 is 1.53 bits per heavy atom. The molecule has 2 N–H and O–H groups in total. The van der Waals surface area contributed by atoms with E-state index < -0.39 is 0 Å². The van der Waals surface area contributed by atoms with Crippen LogP contribution < -0.4 is 10.6 Å². The van der Waals surface area contributed by atoms with Crippen molar-refractivity contribution < 1.29 is 4.79 Å². The van der Waals surface area contributed by atoms with E-state index in [2.05, 4.69) is 26.6 Å². The van der Waals surface area contributed by atoms with Gasteiger partial charge in [-0.1, -0.05) is 28.9 Å². The monoisotopic (exact) mass is 268 g/mol. The van der Waals surface area contributed by atoms with E-state index in [1.165, 1.54) is 0 Å². The normalized spacial score (nSPS) is 18.8. The molecule has 3 nitrogen and oxygen atoms in total. The van der Waals surface area contributed by atoms with Crippen molar-refractivity contribution in [3.05, 3.63) is 28.2 Å². The number of rotatable bonds is 3. The first kappa shape index (κ1) is 10.6. The third-order valence-corrected chi connectivity index (χ3v) is 3.06. The second kappa shape index (κ2) is 4.33. The lowest BCUT2D eigenvalue weighted by molar-refractivity contribution is -0.116. The van der Waals surface area contributed by atoms with Crippen molar-refractivity contribution in [3.8, 4) is 0 Å². The average molecular weight is 269 g/mol. The van der Waals surface area contributed by atoms with Gasteiger partial charge in [-0.15, -0.1) is 0 Å². The fraction of sp³-hybridized carbons (Fsp3) is 0.364. The average Bonchev–Trinajstić information content (AvgIpc) is 2.50. The molecule has 1 atom stereocenters. The topological polar surface area (TPSA) is 41.1 Å². The number of likely N-dealkylation sites (N-methyl/N-ethyl adjacent to an activating group) is 1. The van der Waals surface area contributed by atoms with E-state index in [1.807, 2.05) is 25.1 Å². The van der Waals surface area contributed by atoms with Crippen LogP contribution in [-0.2, 0) is 4.79 Å². The second-order valence-electron chi connectivity index (χ2n) is 3.58. The number of nitrogens with one attached hydrogen (secondary N) is 2. The summed E-state index contributed by atoms with van der Waals surface area (Å²) in [5, 5.41) is 6.09. The van der Waals surface area contributed by atoms with Gasteiger partial charge in [0.25, 0.3) is 0 Å². The molecule has 0 spiro atoms. The molecule has 1 aliphatic heterocycles. The summed E-state index contributed by atoms with van der Waals surface area (Å²) in [6.45, 7) is 3.63. The molecular weight excluding hydrogens is 256 g/mol. The van der Waals surface area contributed by atoms with Gasteiger partial charge in [-0.3, -0.25) is 4.79 Å². The SMILES string of the molecule is CCNCC1C(=O)Nc2cc(Br)ccc21. The van der Waals surface area contributed by atoms with Gasteiger partial charge in [-0.05, 0) is 24.2 Å². The van der Waals surface area contributed by atoms with Crippen LogP contribution in [0.25, 0.3) is 0 Å². The van der Waals surface area contributed by atoms with Crippen LogP contribution in [0.4, 0.5) is 5.69 Å². The highest BCUT2D eigenvalue weighted by molar-refractivity contribution is 9.10. The molecule has 1 heterocycles. The van der Waals surface area contributed by atoms with Crippen LogP contribution in [0.3, 0.4) is 0 Å². The minimum absolute atomic E-state index is 0.0481. The van der Waals surface area contributed by atoms with Crippen molar-refractivity contribution in [2.45, 2.75) is 12.8 Å². The van der Waals surface area contributed by atoms with Crippen LogP contribution in [0, 0.1) is 0 Å². The maximum Gasteiger partial charge on any atom is 0.233 e. The van der Waals surface area contributed by atoms with E-state index in [9.17, 15) is 4.79 Å². The lowest BCUT2D eigenvalue weighted by Gasteiger charge is -2.08. The third kappa shape index (κ3) is 2.06. The molecule has 1 aromatic rings. The molecule has 2 rings (SSSR count). The number of hydrogen-bond acceptors (Lipinski definition) is 2. The maximum atomic E-state index is 11.7. The predicted octanol–water partition coefficient (Wildman–Crippen LogP) is 2.09. The van der Waals surface area contributed by atoms with E-state index >= 15 is 0 Å². The first-order chi connectivity index (χ1) is 7.22. The summed E-state index contributed by atoms with van der Waals surface area (Å²) in [7, 11) is 0. The Morgan fingerprint density at radius 3 is 3.07 bits per heavy atom. The highest BCUT2D eigenvalue weighted by Crippen LogP contribution is 2.33. The van der Waals surface area contributed by atoms with Crippen molar-refractivity contribution in [2.24, 2.45) is 0 Å². The molecule has 1 aromatic carbocycles. The fourth-order valence-corrected chi connectivity index (χ4v) is 2.15.